The first-order valence-corrected chi connectivity index (χ1v) is 17.0. The van der Waals surface area contributed by atoms with Crippen LogP contribution < -0.4 is 5.32 Å². The van der Waals surface area contributed by atoms with E-state index in [-0.39, 0.29) is 23.2 Å². The third-order valence-corrected chi connectivity index (χ3v) is 10.3. The number of esters is 1. The van der Waals surface area contributed by atoms with Gasteiger partial charge in [-0.1, -0.05) is 42.5 Å². The molecule has 0 saturated carbocycles. The molecule has 1 saturated heterocycles. The number of piperazine rings is 1. The van der Waals surface area contributed by atoms with Crippen molar-refractivity contribution in [1.29, 1.82) is 0 Å². The lowest BCUT2D eigenvalue weighted by molar-refractivity contribution is -0.384. The van der Waals surface area contributed by atoms with Crippen LogP contribution in [0.25, 0.3) is 0 Å². The number of ether oxygens (including phenoxy) is 1. The summed E-state index contributed by atoms with van der Waals surface area (Å²) in [5.74, 6) is -1.55. The standard InChI is InChI=1S/C33H45N4O7P/c1-23(2)43-45(41,44-24(3)4)32-26(6)34-25(5)30(31(32)28-13-10-14-29(21-28)37(39)40)33(38)42-20-19-35-15-17-36(18-16-35)22-27-11-8-7-9-12-27/h7-14,21,23-24,31,34H,15-20,22H2,1-6H3. The van der Waals surface area contributed by atoms with Crippen molar-refractivity contribution in [3.8, 4) is 0 Å². The Morgan fingerprint density at radius 1 is 0.956 bits per heavy atom. The quantitative estimate of drug-likeness (QED) is 0.117. The molecule has 244 valence electrons. The molecule has 0 bridgehead atoms. The first-order valence-electron chi connectivity index (χ1n) is 15.4. The van der Waals surface area contributed by atoms with E-state index < -0.39 is 36.6 Å². The first kappa shape index (κ1) is 34.5. The minimum atomic E-state index is -4.01. The second-order valence-corrected chi connectivity index (χ2v) is 13.9. The second-order valence-electron chi connectivity index (χ2n) is 12.0. The van der Waals surface area contributed by atoms with E-state index in [9.17, 15) is 19.5 Å². The monoisotopic (exact) mass is 640 g/mol. The average molecular weight is 641 g/mol. The molecule has 0 radical (unpaired) electrons. The van der Waals surface area contributed by atoms with Gasteiger partial charge in [0, 0.05) is 62.8 Å². The van der Waals surface area contributed by atoms with Gasteiger partial charge in [0.2, 0.25) is 0 Å². The van der Waals surface area contributed by atoms with E-state index in [1.807, 2.05) is 6.07 Å². The minimum absolute atomic E-state index is 0.149. The lowest BCUT2D eigenvalue weighted by atomic mass is 9.86. The zero-order chi connectivity index (χ0) is 32.7. The molecule has 1 N–H and O–H groups in total. The van der Waals surface area contributed by atoms with Gasteiger partial charge in [-0.25, -0.2) is 4.79 Å². The topological polar surface area (TPSA) is 123 Å². The van der Waals surface area contributed by atoms with Crippen molar-refractivity contribution in [2.24, 2.45) is 0 Å². The predicted octanol–water partition coefficient (Wildman–Crippen LogP) is 6.19. The number of hydrogen-bond donors (Lipinski definition) is 1. The Hall–Kier alpha value is -3.34. The van der Waals surface area contributed by atoms with Crippen molar-refractivity contribution in [3.05, 3.63) is 98.1 Å². The molecular weight excluding hydrogens is 595 g/mol. The fraction of sp³-hybridized carbons (Fsp3) is 0.485. The van der Waals surface area contributed by atoms with Gasteiger partial charge in [-0.05, 0) is 52.7 Å². The Morgan fingerprint density at radius 2 is 1.58 bits per heavy atom. The summed E-state index contributed by atoms with van der Waals surface area (Å²) in [7, 11) is -4.01. The van der Waals surface area contributed by atoms with Crippen LogP contribution in [0.3, 0.4) is 0 Å². The lowest BCUT2D eigenvalue weighted by Gasteiger charge is -2.36. The van der Waals surface area contributed by atoms with Gasteiger partial charge in [-0.15, -0.1) is 0 Å². The molecule has 4 rings (SSSR count). The molecule has 0 aliphatic carbocycles. The number of rotatable bonds is 13. The third-order valence-electron chi connectivity index (χ3n) is 7.71. The van der Waals surface area contributed by atoms with Gasteiger partial charge < -0.3 is 19.1 Å². The van der Waals surface area contributed by atoms with E-state index in [4.69, 9.17) is 13.8 Å². The zero-order valence-electron chi connectivity index (χ0n) is 27.0. The fourth-order valence-corrected chi connectivity index (χ4v) is 8.26. The van der Waals surface area contributed by atoms with Crippen LogP contribution in [0.15, 0.2) is 76.9 Å². The molecule has 1 unspecified atom stereocenters. The number of nitro groups is 1. The molecule has 0 amide bonds. The molecule has 2 aromatic rings. The number of carbonyl (C=O) groups excluding carboxylic acids is 1. The Labute approximate surface area is 265 Å². The largest absolute Gasteiger partial charge is 0.461 e. The summed E-state index contributed by atoms with van der Waals surface area (Å²) in [5, 5.41) is 15.1. The van der Waals surface area contributed by atoms with Crippen LogP contribution in [0.4, 0.5) is 5.69 Å². The van der Waals surface area contributed by atoms with Crippen molar-refractivity contribution < 1.29 is 28.1 Å². The summed E-state index contributed by atoms with van der Waals surface area (Å²) in [6, 6.07) is 16.4. The molecule has 0 aromatic heterocycles. The van der Waals surface area contributed by atoms with Crippen LogP contribution in [-0.2, 0) is 29.7 Å². The maximum atomic E-state index is 14.6. The van der Waals surface area contributed by atoms with Crippen LogP contribution in [0, 0.1) is 10.1 Å². The third kappa shape index (κ3) is 8.89. The summed E-state index contributed by atoms with van der Waals surface area (Å²) >= 11 is 0. The van der Waals surface area contributed by atoms with Gasteiger partial charge in [0.05, 0.1) is 33.9 Å². The van der Waals surface area contributed by atoms with E-state index in [1.165, 1.54) is 17.7 Å². The Bertz CT molecular complexity index is 1450. The van der Waals surface area contributed by atoms with Crippen LogP contribution in [0.1, 0.15) is 58.6 Å². The smallest absolute Gasteiger partial charge is 0.360 e. The summed E-state index contributed by atoms with van der Waals surface area (Å²) in [6.07, 6.45) is -0.924. The number of non-ortho nitro benzene ring substituents is 1. The molecule has 1 atom stereocenters. The highest BCUT2D eigenvalue weighted by atomic mass is 31.2. The number of allylic oxidation sites excluding steroid dienone is 3. The molecule has 2 aliphatic heterocycles. The summed E-state index contributed by atoms with van der Waals surface area (Å²) < 4.78 is 32.4. The number of benzene rings is 2. The molecule has 0 spiro atoms. The van der Waals surface area contributed by atoms with E-state index in [1.54, 1.807) is 53.7 Å². The Balaban J connectivity index is 1.54. The van der Waals surface area contributed by atoms with Crippen LogP contribution >= 0.6 is 7.60 Å². The SMILES string of the molecule is CC1=C(C(=O)OCCN2CCN(Cc3ccccc3)CC2)C(c2cccc([N+](=O)[O-])c2)C(P(=O)(OC(C)C)OC(C)C)=C(C)N1. The zero-order valence-corrected chi connectivity index (χ0v) is 27.9. The number of nitrogens with zero attached hydrogens (tertiary/aromatic N) is 3. The van der Waals surface area contributed by atoms with Crippen molar-refractivity contribution in [3.63, 3.8) is 0 Å². The number of nitro benzene ring substituents is 1. The number of nitrogens with one attached hydrogen (secondary N) is 1. The average Bonchev–Trinajstić information content (AvgIpc) is 2.97. The molecule has 2 heterocycles. The van der Waals surface area contributed by atoms with Crippen molar-refractivity contribution in [2.75, 3.05) is 39.3 Å². The molecule has 12 heteroatoms. The highest BCUT2D eigenvalue weighted by Gasteiger charge is 2.46. The van der Waals surface area contributed by atoms with Crippen LogP contribution in [-0.4, -0.2) is 72.2 Å². The number of carbonyl (C=O) groups is 1. The van der Waals surface area contributed by atoms with Gasteiger partial charge in [0.15, 0.2) is 0 Å². The number of dihydropyridines is 1. The van der Waals surface area contributed by atoms with E-state index in [2.05, 4.69) is 39.4 Å². The van der Waals surface area contributed by atoms with Crippen molar-refractivity contribution in [1.82, 2.24) is 15.1 Å². The maximum absolute atomic E-state index is 14.6. The van der Waals surface area contributed by atoms with E-state index in [0.717, 1.165) is 32.7 Å². The maximum Gasteiger partial charge on any atom is 0.360 e. The minimum Gasteiger partial charge on any atom is -0.461 e. The van der Waals surface area contributed by atoms with Crippen molar-refractivity contribution >= 4 is 19.3 Å². The summed E-state index contributed by atoms with van der Waals surface area (Å²) in [6.45, 7) is 15.7. The number of hydrogen-bond acceptors (Lipinski definition) is 10. The molecule has 45 heavy (non-hydrogen) atoms. The van der Waals surface area contributed by atoms with Gasteiger partial charge in [0.1, 0.15) is 6.61 Å². The first-order chi connectivity index (χ1) is 21.4. The molecule has 11 nitrogen and oxygen atoms in total. The summed E-state index contributed by atoms with van der Waals surface area (Å²) in [5.41, 5.74) is 2.77. The van der Waals surface area contributed by atoms with E-state index >= 15 is 0 Å². The fourth-order valence-electron chi connectivity index (χ4n) is 5.81. The van der Waals surface area contributed by atoms with Gasteiger partial charge >= 0.3 is 13.6 Å². The molecular formula is C33H45N4O7P. The van der Waals surface area contributed by atoms with Crippen LogP contribution in [0.2, 0.25) is 0 Å². The van der Waals surface area contributed by atoms with Crippen LogP contribution in [0.5, 0.6) is 0 Å². The van der Waals surface area contributed by atoms with E-state index in [0.29, 0.717) is 23.5 Å². The normalized spacial score (nSPS) is 18.4. The predicted molar refractivity (Wildman–Crippen MR) is 174 cm³/mol. The van der Waals surface area contributed by atoms with Gasteiger partial charge in [0.25, 0.3) is 5.69 Å². The Morgan fingerprint density at radius 3 is 2.18 bits per heavy atom. The van der Waals surface area contributed by atoms with Gasteiger partial charge in [-0.2, -0.15) is 0 Å². The molecule has 2 aliphatic rings. The molecule has 1 fully saturated rings. The van der Waals surface area contributed by atoms with Gasteiger partial charge in [-0.3, -0.25) is 24.5 Å². The lowest BCUT2D eigenvalue weighted by Crippen LogP contribution is -2.47. The highest BCUT2D eigenvalue weighted by molar-refractivity contribution is 7.58. The summed E-state index contributed by atoms with van der Waals surface area (Å²) in [4.78, 5) is 29.8. The van der Waals surface area contributed by atoms with Crippen molar-refractivity contribution in [2.45, 2.75) is 66.2 Å². The second kappa shape index (κ2) is 15.3. The Kier molecular flexibility index (Phi) is 11.7. The highest BCUT2D eigenvalue weighted by Crippen LogP contribution is 2.65. The molecule has 2 aromatic carbocycles.